The van der Waals surface area contributed by atoms with Crippen LogP contribution in [-0.4, -0.2) is 18.8 Å². The number of anilines is 1. The molecule has 3 rings (SSSR count). The van der Waals surface area contributed by atoms with E-state index in [-0.39, 0.29) is 0 Å². The SMILES string of the molecule is CNc1ccnc(COCc2ccc3c(c2)OCO3)c1. The molecule has 20 heavy (non-hydrogen) atoms. The molecule has 2 aromatic rings. The Balaban J connectivity index is 1.57. The third-order valence-electron chi connectivity index (χ3n) is 3.06. The van der Waals surface area contributed by atoms with Gasteiger partial charge in [-0.05, 0) is 29.8 Å². The van der Waals surface area contributed by atoms with Gasteiger partial charge in [0.1, 0.15) is 0 Å². The molecular formula is C15H16N2O3. The highest BCUT2D eigenvalue weighted by atomic mass is 16.7. The largest absolute Gasteiger partial charge is 0.454 e. The van der Waals surface area contributed by atoms with Gasteiger partial charge in [0.05, 0.1) is 18.9 Å². The van der Waals surface area contributed by atoms with Crippen LogP contribution in [0.25, 0.3) is 0 Å². The molecule has 0 amide bonds. The molecule has 104 valence electrons. The van der Waals surface area contributed by atoms with Crippen LogP contribution in [0.3, 0.4) is 0 Å². The van der Waals surface area contributed by atoms with E-state index in [1.54, 1.807) is 6.20 Å². The molecule has 0 atom stereocenters. The Morgan fingerprint density at radius 2 is 2.05 bits per heavy atom. The van der Waals surface area contributed by atoms with Crippen LogP contribution in [0.5, 0.6) is 11.5 Å². The Hall–Kier alpha value is -2.27. The van der Waals surface area contributed by atoms with Crippen LogP contribution in [0, 0.1) is 0 Å². The lowest BCUT2D eigenvalue weighted by Gasteiger charge is -2.06. The lowest BCUT2D eigenvalue weighted by Crippen LogP contribution is -1.98. The van der Waals surface area contributed by atoms with Gasteiger partial charge in [0.2, 0.25) is 6.79 Å². The van der Waals surface area contributed by atoms with Crippen LogP contribution in [0.4, 0.5) is 5.69 Å². The third-order valence-corrected chi connectivity index (χ3v) is 3.06. The van der Waals surface area contributed by atoms with Gasteiger partial charge in [0, 0.05) is 18.9 Å². The Labute approximate surface area is 117 Å². The quantitative estimate of drug-likeness (QED) is 0.906. The summed E-state index contributed by atoms with van der Waals surface area (Å²) in [5.74, 6) is 1.57. The van der Waals surface area contributed by atoms with Gasteiger partial charge in [0.15, 0.2) is 11.5 Å². The number of nitrogens with one attached hydrogen (secondary N) is 1. The number of hydrogen-bond donors (Lipinski definition) is 1. The summed E-state index contributed by atoms with van der Waals surface area (Å²) in [7, 11) is 1.88. The van der Waals surface area contributed by atoms with Crippen molar-refractivity contribution in [3.63, 3.8) is 0 Å². The summed E-state index contributed by atoms with van der Waals surface area (Å²) in [6.07, 6.45) is 1.77. The van der Waals surface area contributed by atoms with Gasteiger partial charge in [-0.3, -0.25) is 4.98 Å². The molecule has 0 fully saturated rings. The average molecular weight is 272 g/mol. The molecule has 0 bridgehead atoms. The van der Waals surface area contributed by atoms with Crippen LogP contribution >= 0.6 is 0 Å². The molecule has 0 aliphatic carbocycles. The fourth-order valence-corrected chi connectivity index (χ4v) is 2.02. The number of ether oxygens (including phenoxy) is 3. The smallest absolute Gasteiger partial charge is 0.231 e. The Morgan fingerprint density at radius 3 is 2.95 bits per heavy atom. The van der Waals surface area contributed by atoms with Gasteiger partial charge in [-0.15, -0.1) is 0 Å². The number of hydrogen-bond acceptors (Lipinski definition) is 5. The summed E-state index contributed by atoms with van der Waals surface area (Å²) in [4.78, 5) is 4.27. The number of benzene rings is 1. The fourth-order valence-electron chi connectivity index (χ4n) is 2.02. The zero-order chi connectivity index (χ0) is 13.8. The minimum Gasteiger partial charge on any atom is -0.454 e. The average Bonchev–Trinajstić information content (AvgIpc) is 2.95. The topological polar surface area (TPSA) is 52.6 Å². The van der Waals surface area contributed by atoms with Gasteiger partial charge in [-0.2, -0.15) is 0 Å². The lowest BCUT2D eigenvalue weighted by molar-refractivity contribution is 0.104. The molecule has 1 aromatic carbocycles. The van der Waals surface area contributed by atoms with E-state index >= 15 is 0 Å². The first-order valence-electron chi connectivity index (χ1n) is 6.44. The standard InChI is InChI=1S/C15H16N2O3/c1-16-12-4-5-17-13(7-12)9-18-8-11-2-3-14-15(6-11)20-10-19-14/h2-7H,8-10H2,1H3,(H,16,17). The van der Waals surface area contributed by atoms with Crippen molar-refractivity contribution in [2.24, 2.45) is 0 Å². The summed E-state index contributed by atoms with van der Waals surface area (Å²) < 4.78 is 16.3. The second-order valence-corrected chi connectivity index (χ2v) is 4.47. The molecule has 0 saturated carbocycles. The van der Waals surface area contributed by atoms with Gasteiger partial charge >= 0.3 is 0 Å². The van der Waals surface area contributed by atoms with Crippen molar-refractivity contribution in [2.75, 3.05) is 19.2 Å². The van der Waals surface area contributed by atoms with Crippen molar-refractivity contribution < 1.29 is 14.2 Å². The van der Waals surface area contributed by atoms with Crippen LogP contribution in [0.2, 0.25) is 0 Å². The second-order valence-electron chi connectivity index (χ2n) is 4.47. The van der Waals surface area contributed by atoms with Crippen LogP contribution in [0.1, 0.15) is 11.3 Å². The van der Waals surface area contributed by atoms with Crippen molar-refractivity contribution in [1.29, 1.82) is 0 Å². The van der Waals surface area contributed by atoms with E-state index < -0.39 is 0 Å². The van der Waals surface area contributed by atoms with E-state index in [4.69, 9.17) is 14.2 Å². The molecule has 5 nitrogen and oxygen atoms in total. The zero-order valence-corrected chi connectivity index (χ0v) is 11.3. The molecule has 0 spiro atoms. The van der Waals surface area contributed by atoms with Gasteiger partial charge in [0.25, 0.3) is 0 Å². The zero-order valence-electron chi connectivity index (χ0n) is 11.3. The van der Waals surface area contributed by atoms with Crippen molar-refractivity contribution in [3.05, 3.63) is 47.8 Å². The molecule has 0 unspecified atom stereocenters. The number of nitrogens with zero attached hydrogens (tertiary/aromatic N) is 1. The van der Waals surface area contributed by atoms with Crippen molar-refractivity contribution >= 4 is 5.69 Å². The van der Waals surface area contributed by atoms with E-state index in [0.717, 1.165) is 28.4 Å². The minimum absolute atomic E-state index is 0.292. The fraction of sp³-hybridized carbons (Fsp3) is 0.267. The summed E-state index contributed by atoms with van der Waals surface area (Å²) >= 11 is 0. The van der Waals surface area contributed by atoms with E-state index in [1.165, 1.54) is 0 Å². The summed E-state index contributed by atoms with van der Waals surface area (Å²) in [5.41, 5.74) is 2.98. The van der Waals surface area contributed by atoms with E-state index in [2.05, 4.69) is 10.3 Å². The summed E-state index contributed by atoms with van der Waals surface area (Å²) in [6, 6.07) is 9.71. The predicted octanol–water partition coefficient (Wildman–Crippen LogP) is 2.57. The summed E-state index contributed by atoms with van der Waals surface area (Å²) in [6.45, 7) is 1.28. The highest BCUT2D eigenvalue weighted by Crippen LogP contribution is 2.32. The van der Waals surface area contributed by atoms with Gasteiger partial charge in [-0.25, -0.2) is 0 Å². The predicted molar refractivity (Wildman–Crippen MR) is 74.8 cm³/mol. The van der Waals surface area contributed by atoms with E-state index in [9.17, 15) is 0 Å². The Kier molecular flexibility index (Phi) is 3.69. The van der Waals surface area contributed by atoms with Crippen LogP contribution in [0.15, 0.2) is 36.5 Å². The molecule has 1 aliphatic heterocycles. The lowest BCUT2D eigenvalue weighted by atomic mass is 10.2. The highest BCUT2D eigenvalue weighted by molar-refractivity contribution is 5.44. The normalized spacial score (nSPS) is 12.4. The number of fused-ring (bicyclic) bond motifs is 1. The van der Waals surface area contributed by atoms with Gasteiger partial charge < -0.3 is 19.5 Å². The molecule has 2 heterocycles. The molecular weight excluding hydrogens is 256 g/mol. The second kappa shape index (κ2) is 5.79. The molecule has 5 heteroatoms. The van der Waals surface area contributed by atoms with E-state index in [1.807, 2.05) is 37.4 Å². The number of aromatic nitrogens is 1. The molecule has 1 aliphatic rings. The first-order chi connectivity index (χ1) is 9.85. The monoisotopic (exact) mass is 272 g/mol. The van der Waals surface area contributed by atoms with Crippen molar-refractivity contribution in [3.8, 4) is 11.5 Å². The maximum absolute atomic E-state index is 5.68. The maximum atomic E-state index is 5.68. The van der Waals surface area contributed by atoms with Crippen LogP contribution < -0.4 is 14.8 Å². The van der Waals surface area contributed by atoms with Crippen LogP contribution in [-0.2, 0) is 18.0 Å². The maximum Gasteiger partial charge on any atom is 0.231 e. The van der Waals surface area contributed by atoms with Crippen molar-refractivity contribution in [1.82, 2.24) is 4.98 Å². The Morgan fingerprint density at radius 1 is 1.15 bits per heavy atom. The Bertz CT molecular complexity index is 601. The molecule has 1 N–H and O–H groups in total. The molecule has 0 radical (unpaired) electrons. The number of rotatable bonds is 5. The first-order valence-corrected chi connectivity index (χ1v) is 6.44. The molecule has 1 aromatic heterocycles. The number of pyridine rings is 1. The minimum atomic E-state index is 0.292. The summed E-state index contributed by atoms with van der Waals surface area (Å²) in [5, 5.41) is 3.08. The molecule has 0 saturated heterocycles. The van der Waals surface area contributed by atoms with E-state index in [0.29, 0.717) is 20.0 Å². The highest BCUT2D eigenvalue weighted by Gasteiger charge is 2.13. The first kappa shape index (κ1) is 12.7. The third kappa shape index (κ3) is 2.83. The van der Waals surface area contributed by atoms with Gasteiger partial charge in [-0.1, -0.05) is 6.07 Å². The van der Waals surface area contributed by atoms with Crippen molar-refractivity contribution in [2.45, 2.75) is 13.2 Å².